The van der Waals surface area contributed by atoms with Crippen molar-refractivity contribution in [2.24, 2.45) is 12.8 Å². The zero-order valence-electron chi connectivity index (χ0n) is 9.71. The highest BCUT2D eigenvalue weighted by Crippen LogP contribution is 2.34. The molecule has 18 heavy (non-hydrogen) atoms. The van der Waals surface area contributed by atoms with Crippen molar-refractivity contribution < 1.29 is 4.79 Å². The Morgan fingerprint density at radius 1 is 1.44 bits per heavy atom. The summed E-state index contributed by atoms with van der Waals surface area (Å²) >= 11 is 4.72. The van der Waals surface area contributed by atoms with Gasteiger partial charge in [0.2, 0.25) is 5.91 Å². The average Bonchev–Trinajstić information content (AvgIpc) is 2.73. The quantitative estimate of drug-likeness (QED) is 0.878. The normalized spacial score (nSPS) is 12.3. The lowest BCUT2D eigenvalue weighted by Crippen LogP contribution is -2.19. The summed E-state index contributed by atoms with van der Waals surface area (Å²) in [6, 6.07) is 7.55. The number of nitrogens with zero attached hydrogens (tertiary/aromatic N) is 2. The summed E-state index contributed by atoms with van der Waals surface area (Å²) in [5.41, 5.74) is 6.34. The van der Waals surface area contributed by atoms with Gasteiger partial charge < -0.3 is 10.3 Å². The van der Waals surface area contributed by atoms with Crippen LogP contribution < -0.4 is 5.73 Å². The van der Waals surface area contributed by atoms with Crippen LogP contribution in [0.15, 0.2) is 46.3 Å². The largest absolute Gasteiger partial charge is 0.368 e. The molecule has 0 unspecified atom stereocenters. The Labute approximate surface area is 118 Å². The second-order valence-corrected chi connectivity index (χ2v) is 5.76. The Bertz CT molecular complexity index is 553. The molecule has 0 aliphatic carbocycles. The van der Waals surface area contributed by atoms with Gasteiger partial charge in [-0.2, -0.15) is 0 Å². The number of hydrogen-bond donors (Lipinski definition) is 1. The SMILES string of the molecule is Cn1ccnc1S[C@@H](C(N)=O)c1ccc(Br)cc1. The van der Waals surface area contributed by atoms with E-state index in [9.17, 15) is 4.79 Å². The maximum atomic E-state index is 11.6. The molecule has 0 spiro atoms. The number of carbonyl (C=O) groups excluding carboxylic acids is 1. The Kier molecular flexibility index (Phi) is 4.08. The van der Waals surface area contributed by atoms with Gasteiger partial charge in [-0.1, -0.05) is 39.8 Å². The molecule has 1 aromatic carbocycles. The van der Waals surface area contributed by atoms with Crippen LogP contribution in [0.2, 0.25) is 0 Å². The van der Waals surface area contributed by atoms with Crippen LogP contribution in [0, 0.1) is 0 Å². The minimum absolute atomic E-state index is 0.370. The molecule has 0 bridgehead atoms. The molecule has 1 heterocycles. The molecule has 2 rings (SSSR count). The number of rotatable bonds is 4. The number of aromatic nitrogens is 2. The third-order valence-electron chi connectivity index (χ3n) is 2.43. The Balaban J connectivity index is 2.27. The van der Waals surface area contributed by atoms with E-state index in [4.69, 9.17) is 5.73 Å². The van der Waals surface area contributed by atoms with Crippen LogP contribution in [-0.4, -0.2) is 15.5 Å². The van der Waals surface area contributed by atoms with Crippen molar-refractivity contribution in [1.29, 1.82) is 0 Å². The number of nitrogens with two attached hydrogens (primary N) is 1. The van der Waals surface area contributed by atoms with Gasteiger partial charge in [-0.3, -0.25) is 4.79 Å². The molecule has 4 nitrogen and oxygen atoms in total. The highest BCUT2D eigenvalue weighted by atomic mass is 79.9. The Hall–Kier alpha value is -1.27. The molecule has 1 aromatic heterocycles. The van der Waals surface area contributed by atoms with Crippen LogP contribution in [0.3, 0.4) is 0 Å². The molecule has 1 atom stereocenters. The van der Waals surface area contributed by atoms with Crippen molar-refractivity contribution >= 4 is 33.6 Å². The van der Waals surface area contributed by atoms with Gasteiger partial charge in [0, 0.05) is 23.9 Å². The lowest BCUT2D eigenvalue weighted by atomic mass is 10.1. The summed E-state index contributed by atoms with van der Waals surface area (Å²) in [5, 5.41) is 0.334. The topological polar surface area (TPSA) is 60.9 Å². The first-order valence-corrected chi connectivity index (χ1v) is 6.94. The number of thioether (sulfide) groups is 1. The fraction of sp³-hybridized carbons (Fsp3) is 0.167. The second kappa shape index (κ2) is 5.58. The summed E-state index contributed by atoms with van der Waals surface area (Å²) < 4.78 is 2.83. The van der Waals surface area contributed by atoms with E-state index in [1.807, 2.05) is 42.1 Å². The first-order chi connectivity index (χ1) is 8.58. The smallest absolute Gasteiger partial charge is 0.235 e. The zero-order chi connectivity index (χ0) is 13.1. The predicted molar refractivity (Wildman–Crippen MR) is 75.1 cm³/mol. The zero-order valence-corrected chi connectivity index (χ0v) is 12.1. The van der Waals surface area contributed by atoms with Crippen LogP contribution in [0.4, 0.5) is 0 Å². The van der Waals surface area contributed by atoms with Gasteiger partial charge >= 0.3 is 0 Å². The van der Waals surface area contributed by atoms with E-state index in [0.717, 1.165) is 15.2 Å². The molecular weight excluding hydrogens is 314 g/mol. The number of imidazole rings is 1. The number of hydrogen-bond acceptors (Lipinski definition) is 3. The van der Waals surface area contributed by atoms with Gasteiger partial charge in [-0.05, 0) is 17.7 Å². The number of amides is 1. The number of benzene rings is 1. The molecule has 0 aliphatic rings. The molecule has 94 valence electrons. The van der Waals surface area contributed by atoms with E-state index in [0.29, 0.717) is 0 Å². The Morgan fingerprint density at radius 3 is 2.61 bits per heavy atom. The fourth-order valence-electron chi connectivity index (χ4n) is 1.50. The monoisotopic (exact) mass is 325 g/mol. The lowest BCUT2D eigenvalue weighted by Gasteiger charge is -2.13. The molecule has 0 fully saturated rings. The van der Waals surface area contributed by atoms with E-state index in [1.54, 1.807) is 6.20 Å². The summed E-state index contributed by atoms with van der Waals surface area (Å²) in [4.78, 5) is 15.8. The molecule has 6 heteroatoms. The van der Waals surface area contributed by atoms with Crippen LogP contribution >= 0.6 is 27.7 Å². The standard InChI is InChI=1S/C12H12BrN3OS/c1-16-7-6-15-12(16)18-10(11(14)17)8-2-4-9(13)5-3-8/h2-7,10H,1H3,(H2,14,17)/t10-/m1/s1. The molecule has 0 radical (unpaired) electrons. The summed E-state index contributed by atoms with van der Waals surface area (Å²) in [5.74, 6) is -0.370. The van der Waals surface area contributed by atoms with Gasteiger partial charge in [0.1, 0.15) is 5.25 Å². The number of aryl methyl sites for hydroxylation is 1. The van der Waals surface area contributed by atoms with E-state index >= 15 is 0 Å². The van der Waals surface area contributed by atoms with Crippen molar-refractivity contribution in [1.82, 2.24) is 9.55 Å². The molecule has 2 N–H and O–H groups in total. The summed E-state index contributed by atoms with van der Waals surface area (Å²) in [6.45, 7) is 0. The first kappa shape index (κ1) is 13.2. The van der Waals surface area contributed by atoms with Crippen molar-refractivity contribution in [2.75, 3.05) is 0 Å². The summed E-state index contributed by atoms with van der Waals surface area (Å²) in [7, 11) is 1.88. The lowest BCUT2D eigenvalue weighted by molar-refractivity contribution is -0.117. The first-order valence-electron chi connectivity index (χ1n) is 5.26. The fourth-order valence-corrected chi connectivity index (χ4v) is 2.73. The minimum Gasteiger partial charge on any atom is -0.368 e. The van der Waals surface area contributed by atoms with Crippen molar-refractivity contribution in [3.05, 3.63) is 46.7 Å². The Morgan fingerprint density at radius 2 is 2.11 bits per heavy atom. The van der Waals surface area contributed by atoms with E-state index in [1.165, 1.54) is 11.8 Å². The minimum atomic E-state index is -0.431. The number of carbonyl (C=O) groups is 1. The van der Waals surface area contributed by atoms with Crippen LogP contribution in [0.5, 0.6) is 0 Å². The van der Waals surface area contributed by atoms with Gasteiger partial charge in [0.05, 0.1) is 0 Å². The average molecular weight is 326 g/mol. The molecule has 2 aromatic rings. The van der Waals surface area contributed by atoms with Crippen molar-refractivity contribution in [3.8, 4) is 0 Å². The maximum Gasteiger partial charge on any atom is 0.235 e. The van der Waals surface area contributed by atoms with Gasteiger partial charge in [-0.15, -0.1) is 0 Å². The van der Waals surface area contributed by atoms with Crippen molar-refractivity contribution in [2.45, 2.75) is 10.4 Å². The second-order valence-electron chi connectivity index (χ2n) is 3.77. The number of halogens is 1. The van der Waals surface area contributed by atoms with E-state index < -0.39 is 5.25 Å². The highest BCUT2D eigenvalue weighted by Gasteiger charge is 2.21. The van der Waals surface area contributed by atoms with Gasteiger partial charge in [-0.25, -0.2) is 4.98 Å². The van der Waals surface area contributed by atoms with E-state index in [2.05, 4.69) is 20.9 Å². The number of primary amides is 1. The predicted octanol–water partition coefficient (Wildman–Crippen LogP) is 2.50. The van der Waals surface area contributed by atoms with Crippen LogP contribution in [0.1, 0.15) is 10.8 Å². The van der Waals surface area contributed by atoms with Crippen LogP contribution in [0.25, 0.3) is 0 Å². The van der Waals surface area contributed by atoms with Crippen LogP contribution in [-0.2, 0) is 11.8 Å². The van der Waals surface area contributed by atoms with Gasteiger partial charge in [0.25, 0.3) is 0 Å². The van der Waals surface area contributed by atoms with E-state index in [-0.39, 0.29) is 5.91 Å². The maximum absolute atomic E-state index is 11.6. The van der Waals surface area contributed by atoms with Crippen molar-refractivity contribution in [3.63, 3.8) is 0 Å². The summed E-state index contributed by atoms with van der Waals surface area (Å²) in [6.07, 6.45) is 3.53. The molecule has 0 saturated heterocycles. The molecule has 0 saturated carbocycles. The van der Waals surface area contributed by atoms with Gasteiger partial charge in [0.15, 0.2) is 5.16 Å². The molecular formula is C12H12BrN3OS. The highest BCUT2D eigenvalue weighted by molar-refractivity contribution is 9.10. The third-order valence-corrected chi connectivity index (χ3v) is 4.30. The third kappa shape index (κ3) is 2.94. The molecule has 1 amide bonds. The molecule has 0 aliphatic heterocycles.